The second-order valence-electron chi connectivity index (χ2n) is 6.24. The molecule has 1 N–H and O–H groups in total. The third kappa shape index (κ3) is 4.20. The van der Waals surface area contributed by atoms with E-state index < -0.39 is 10.2 Å². The Hall–Kier alpha value is -1.22. The number of pyridine rings is 1. The third-order valence-corrected chi connectivity index (χ3v) is 6.05. The maximum absolute atomic E-state index is 12.2. The van der Waals surface area contributed by atoms with E-state index in [-0.39, 0.29) is 0 Å². The summed E-state index contributed by atoms with van der Waals surface area (Å²) in [4.78, 5) is 8.97. The maximum atomic E-state index is 12.2. The van der Waals surface area contributed by atoms with Gasteiger partial charge in [-0.05, 0) is 37.6 Å². The Balaban J connectivity index is 1.61. The van der Waals surface area contributed by atoms with Crippen LogP contribution in [0.3, 0.4) is 0 Å². The molecule has 0 bridgehead atoms. The van der Waals surface area contributed by atoms with Gasteiger partial charge in [-0.1, -0.05) is 0 Å². The summed E-state index contributed by atoms with van der Waals surface area (Å²) >= 11 is 0. The normalized spacial score (nSPS) is 21.0. The van der Waals surface area contributed by atoms with Crippen LogP contribution in [0, 0.1) is 0 Å². The lowest BCUT2D eigenvalue weighted by molar-refractivity contribution is 0.312. The number of anilines is 1. The summed E-state index contributed by atoms with van der Waals surface area (Å²) in [6, 6.07) is 3.85. The lowest BCUT2D eigenvalue weighted by Gasteiger charge is -2.33. The molecule has 0 spiro atoms. The minimum atomic E-state index is -3.36. The predicted octanol–water partition coefficient (Wildman–Crippen LogP) is 0.264. The smallest absolute Gasteiger partial charge is 0.279 e. The zero-order valence-electron chi connectivity index (χ0n) is 13.6. The van der Waals surface area contributed by atoms with Gasteiger partial charge in [0.05, 0.1) is 0 Å². The maximum Gasteiger partial charge on any atom is 0.279 e. The van der Waals surface area contributed by atoms with Gasteiger partial charge in [0.15, 0.2) is 0 Å². The van der Waals surface area contributed by atoms with E-state index >= 15 is 0 Å². The van der Waals surface area contributed by atoms with Crippen LogP contribution in [0.25, 0.3) is 0 Å². The number of nitrogens with one attached hydrogen (secondary N) is 1. The van der Waals surface area contributed by atoms with Crippen molar-refractivity contribution in [3.63, 3.8) is 0 Å². The van der Waals surface area contributed by atoms with Gasteiger partial charge in [0.2, 0.25) is 0 Å². The van der Waals surface area contributed by atoms with Crippen LogP contribution in [0.2, 0.25) is 0 Å². The van der Waals surface area contributed by atoms with Crippen LogP contribution in [0.4, 0.5) is 5.82 Å². The molecule has 1 aromatic rings. The molecule has 0 atom stereocenters. The largest absolute Gasteiger partial charge is 0.354 e. The Morgan fingerprint density at radius 3 is 2.52 bits per heavy atom. The molecule has 0 radical (unpaired) electrons. The van der Waals surface area contributed by atoms with E-state index in [1.807, 2.05) is 12.1 Å². The number of hydrogen-bond donors (Lipinski definition) is 1. The molecule has 0 saturated carbocycles. The highest BCUT2D eigenvalue weighted by molar-refractivity contribution is 7.87. The van der Waals surface area contributed by atoms with Crippen LogP contribution >= 0.6 is 0 Å². The number of likely N-dealkylation sites (N-methyl/N-ethyl adjacent to an activating group) is 1. The Kier molecular flexibility index (Phi) is 5.15. The van der Waals surface area contributed by atoms with E-state index in [2.05, 4.69) is 26.6 Å². The Morgan fingerprint density at radius 1 is 1.13 bits per heavy atom. The second-order valence-corrected chi connectivity index (χ2v) is 8.00. The topological polar surface area (TPSA) is 68.8 Å². The van der Waals surface area contributed by atoms with Crippen LogP contribution in [0.1, 0.15) is 18.4 Å². The van der Waals surface area contributed by atoms with Crippen LogP contribution in [0.15, 0.2) is 18.3 Å². The fourth-order valence-electron chi connectivity index (χ4n) is 2.97. The van der Waals surface area contributed by atoms with E-state index in [9.17, 15) is 8.42 Å². The van der Waals surface area contributed by atoms with Crippen molar-refractivity contribution in [3.8, 4) is 0 Å². The molecule has 2 aliphatic heterocycles. The number of aromatic nitrogens is 1. The lowest BCUT2D eigenvalue weighted by atomic mass is 10.2. The van der Waals surface area contributed by atoms with E-state index in [0.29, 0.717) is 19.6 Å². The molecule has 1 aromatic heterocycles. The molecule has 2 aliphatic rings. The highest BCUT2D eigenvalue weighted by atomic mass is 32.2. The van der Waals surface area contributed by atoms with Crippen molar-refractivity contribution in [3.05, 3.63) is 23.9 Å². The molecule has 2 saturated heterocycles. The third-order valence-electron chi connectivity index (χ3n) is 4.50. The van der Waals surface area contributed by atoms with Gasteiger partial charge in [0.25, 0.3) is 10.2 Å². The fraction of sp³-hybridized carbons (Fsp3) is 0.667. The first kappa shape index (κ1) is 16.6. The van der Waals surface area contributed by atoms with Gasteiger partial charge in [-0.15, -0.1) is 0 Å². The SMILES string of the molecule is CN1CCN(c2cc(CNS(=O)(=O)N3CCCC3)ccn2)CC1. The summed E-state index contributed by atoms with van der Waals surface area (Å²) in [5.74, 6) is 0.927. The van der Waals surface area contributed by atoms with Crippen LogP contribution in [0.5, 0.6) is 0 Å². The van der Waals surface area contributed by atoms with Crippen molar-refractivity contribution in [2.75, 3.05) is 51.2 Å². The minimum Gasteiger partial charge on any atom is -0.354 e. The molecule has 8 heteroatoms. The molecule has 23 heavy (non-hydrogen) atoms. The first-order valence-corrected chi connectivity index (χ1v) is 9.62. The van der Waals surface area contributed by atoms with Crippen molar-refractivity contribution >= 4 is 16.0 Å². The average molecular weight is 339 g/mol. The van der Waals surface area contributed by atoms with Gasteiger partial charge in [-0.2, -0.15) is 17.4 Å². The number of piperazine rings is 1. The van der Waals surface area contributed by atoms with E-state index in [1.54, 1.807) is 6.20 Å². The van der Waals surface area contributed by atoms with Gasteiger partial charge in [0.1, 0.15) is 5.82 Å². The van der Waals surface area contributed by atoms with Crippen molar-refractivity contribution in [2.24, 2.45) is 0 Å². The zero-order chi connectivity index (χ0) is 16.3. The standard InChI is InChI=1S/C15H25N5O2S/c1-18-8-10-19(11-9-18)15-12-14(4-5-16-15)13-17-23(21,22)20-6-2-3-7-20/h4-5,12,17H,2-3,6-11,13H2,1H3. The molecule has 2 fully saturated rings. The number of nitrogens with zero attached hydrogens (tertiary/aromatic N) is 4. The van der Waals surface area contributed by atoms with Gasteiger partial charge in [-0.25, -0.2) is 4.98 Å². The summed E-state index contributed by atoms with van der Waals surface area (Å²) in [7, 11) is -1.24. The van der Waals surface area contributed by atoms with Crippen molar-refractivity contribution in [2.45, 2.75) is 19.4 Å². The molecule has 7 nitrogen and oxygen atoms in total. The van der Waals surface area contributed by atoms with Crippen molar-refractivity contribution < 1.29 is 8.42 Å². The molecular weight excluding hydrogens is 314 g/mol. The Labute approximate surface area is 138 Å². The molecule has 0 amide bonds. The van der Waals surface area contributed by atoms with Gasteiger partial charge in [0, 0.05) is 52.0 Å². The second kappa shape index (κ2) is 7.12. The fourth-order valence-corrected chi connectivity index (χ4v) is 4.24. The van der Waals surface area contributed by atoms with E-state index in [4.69, 9.17) is 0 Å². The van der Waals surface area contributed by atoms with Crippen LogP contribution < -0.4 is 9.62 Å². The molecular formula is C15H25N5O2S. The minimum absolute atomic E-state index is 0.308. The summed E-state index contributed by atoms with van der Waals surface area (Å²) in [6.07, 6.45) is 3.65. The highest BCUT2D eigenvalue weighted by Crippen LogP contribution is 2.16. The van der Waals surface area contributed by atoms with Gasteiger partial charge >= 0.3 is 0 Å². The molecule has 3 rings (SSSR count). The Bertz CT molecular complexity index is 623. The lowest BCUT2D eigenvalue weighted by Crippen LogP contribution is -2.44. The van der Waals surface area contributed by atoms with E-state index in [0.717, 1.165) is 50.4 Å². The van der Waals surface area contributed by atoms with Crippen molar-refractivity contribution in [1.29, 1.82) is 0 Å². The van der Waals surface area contributed by atoms with Gasteiger partial charge < -0.3 is 9.80 Å². The number of hydrogen-bond acceptors (Lipinski definition) is 5. The van der Waals surface area contributed by atoms with Crippen LogP contribution in [-0.2, 0) is 16.8 Å². The van der Waals surface area contributed by atoms with Gasteiger partial charge in [-0.3, -0.25) is 0 Å². The quantitative estimate of drug-likeness (QED) is 0.834. The van der Waals surface area contributed by atoms with E-state index in [1.165, 1.54) is 4.31 Å². The van der Waals surface area contributed by atoms with Crippen LogP contribution in [-0.4, -0.2) is 68.9 Å². The summed E-state index contributed by atoms with van der Waals surface area (Å²) in [5, 5.41) is 0. The summed E-state index contributed by atoms with van der Waals surface area (Å²) in [6.45, 7) is 5.50. The molecule has 0 unspecified atom stereocenters. The zero-order valence-corrected chi connectivity index (χ0v) is 14.4. The summed E-state index contributed by atoms with van der Waals surface area (Å²) in [5.41, 5.74) is 0.941. The first-order valence-electron chi connectivity index (χ1n) is 8.18. The molecule has 128 valence electrons. The molecule has 3 heterocycles. The monoisotopic (exact) mass is 339 g/mol. The predicted molar refractivity (Wildman–Crippen MR) is 90.5 cm³/mol. The molecule has 0 aromatic carbocycles. The number of rotatable bonds is 5. The highest BCUT2D eigenvalue weighted by Gasteiger charge is 2.24. The van der Waals surface area contributed by atoms with Crippen molar-refractivity contribution in [1.82, 2.24) is 18.9 Å². The molecule has 0 aliphatic carbocycles. The summed E-state index contributed by atoms with van der Waals surface area (Å²) < 4.78 is 28.6. The average Bonchev–Trinajstić information content (AvgIpc) is 3.09. The Morgan fingerprint density at radius 2 is 1.83 bits per heavy atom. The first-order chi connectivity index (χ1) is 11.0.